The van der Waals surface area contributed by atoms with Crippen LogP contribution in [0, 0.1) is 0 Å². The highest BCUT2D eigenvalue weighted by atomic mass is 79.9. The Labute approximate surface area is 84.1 Å². The highest BCUT2D eigenvalue weighted by Crippen LogP contribution is 2.30. The molecule has 0 saturated carbocycles. The van der Waals surface area contributed by atoms with Crippen LogP contribution in [0.15, 0.2) is 15.9 Å². The minimum Gasteiger partial charge on any atom is -0.357 e. The largest absolute Gasteiger partial charge is 0.357 e. The van der Waals surface area contributed by atoms with E-state index in [9.17, 15) is 0 Å². The topological polar surface area (TPSA) is 21.3 Å². The molecule has 0 spiro atoms. The first kappa shape index (κ1) is 8.69. The fourth-order valence-electron chi connectivity index (χ4n) is 1.23. The third kappa shape index (κ3) is 1.71. The van der Waals surface area contributed by atoms with Gasteiger partial charge in [0.15, 0.2) is 0 Å². The van der Waals surface area contributed by atoms with Crippen molar-refractivity contribution in [3.8, 4) is 0 Å². The smallest absolute Gasteiger partial charge is 0.143 e. The minimum absolute atomic E-state index is 0.108. The molecule has 1 saturated heterocycles. The summed E-state index contributed by atoms with van der Waals surface area (Å²) in [7, 11) is 0. The van der Waals surface area contributed by atoms with E-state index in [1.807, 2.05) is 6.07 Å². The zero-order valence-electron chi connectivity index (χ0n) is 6.71. The van der Waals surface area contributed by atoms with Gasteiger partial charge in [0.05, 0.1) is 10.4 Å². The van der Waals surface area contributed by atoms with Gasteiger partial charge in [-0.3, -0.25) is 5.32 Å². The van der Waals surface area contributed by atoms with Crippen molar-refractivity contribution in [2.75, 3.05) is 6.61 Å². The van der Waals surface area contributed by atoms with Crippen LogP contribution < -0.4 is 5.32 Å². The average molecular weight is 248 g/mol. The predicted molar refractivity (Wildman–Crippen MR) is 53.3 cm³/mol. The van der Waals surface area contributed by atoms with E-state index in [1.165, 1.54) is 4.88 Å². The molecule has 4 heteroatoms. The summed E-state index contributed by atoms with van der Waals surface area (Å²) in [4.78, 5) is 1.24. The van der Waals surface area contributed by atoms with Gasteiger partial charge in [-0.05, 0) is 35.0 Å². The number of ether oxygens (including phenoxy) is 1. The molecule has 1 fully saturated rings. The summed E-state index contributed by atoms with van der Waals surface area (Å²) in [6.07, 6.45) is 0.108. The maximum atomic E-state index is 5.54. The first-order chi connectivity index (χ1) is 5.75. The summed E-state index contributed by atoms with van der Waals surface area (Å²) in [5.74, 6) is 0. The molecule has 0 bridgehead atoms. The molecular weight excluding hydrogens is 238 g/mol. The van der Waals surface area contributed by atoms with Crippen molar-refractivity contribution >= 4 is 27.3 Å². The van der Waals surface area contributed by atoms with Crippen molar-refractivity contribution < 1.29 is 4.74 Å². The molecule has 1 aliphatic heterocycles. The number of hydrogen-bond donors (Lipinski definition) is 1. The minimum atomic E-state index is 0.108. The number of thiophene rings is 1. The number of nitrogens with one attached hydrogen (secondary N) is 1. The van der Waals surface area contributed by atoms with Gasteiger partial charge in [0.25, 0.3) is 0 Å². The fraction of sp³-hybridized carbons (Fsp3) is 0.500. The first-order valence-electron chi connectivity index (χ1n) is 3.88. The second kappa shape index (κ2) is 3.46. The predicted octanol–water partition coefficient (Wildman–Crippen LogP) is 2.52. The van der Waals surface area contributed by atoms with Crippen LogP contribution in [0.1, 0.15) is 18.0 Å². The molecule has 12 heavy (non-hydrogen) atoms. The van der Waals surface area contributed by atoms with Crippen molar-refractivity contribution in [3.63, 3.8) is 0 Å². The van der Waals surface area contributed by atoms with E-state index < -0.39 is 0 Å². The maximum Gasteiger partial charge on any atom is 0.143 e. The fourth-order valence-corrected chi connectivity index (χ4v) is 2.66. The van der Waals surface area contributed by atoms with Gasteiger partial charge in [-0.25, -0.2) is 0 Å². The molecule has 2 heterocycles. The van der Waals surface area contributed by atoms with Crippen molar-refractivity contribution in [2.24, 2.45) is 0 Å². The van der Waals surface area contributed by atoms with Crippen LogP contribution in [-0.4, -0.2) is 12.6 Å². The Morgan fingerprint density at radius 3 is 3.00 bits per heavy atom. The molecule has 2 rings (SSSR count). The molecule has 2 unspecified atom stereocenters. The molecule has 1 aliphatic rings. The van der Waals surface area contributed by atoms with Crippen LogP contribution in [0.3, 0.4) is 0 Å². The van der Waals surface area contributed by atoms with E-state index in [0.717, 1.165) is 10.4 Å². The molecule has 2 nitrogen and oxygen atoms in total. The Balaban J connectivity index is 2.11. The van der Waals surface area contributed by atoms with Crippen LogP contribution in [0.4, 0.5) is 0 Å². The monoisotopic (exact) mass is 247 g/mol. The van der Waals surface area contributed by atoms with Crippen molar-refractivity contribution in [2.45, 2.75) is 19.2 Å². The Kier molecular flexibility index (Phi) is 2.50. The molecule has 1 aromatic rings. The molecule has 0 amide bonds. The number of rotatable bonds is 1. The normalized spacial score (nSPS) is 29.5. The Morgan fingerprint density at radius 1 is 1.67 bits per heavy atom. The molecule has 1 N–H and O–H groups in total. The lowest BCUT2D eigenvalue weighted by atomic mass is 10.4. The van der Waals surface area contributed by atoms with E-state index in [1.54, 1.807) is 11.3 Å². The zero-order valence-corrected chi connectivity index (χ0v) is 9.11. The summed E-state index contributed by atoms with van der Waals surface area (Å²) in [5.41, 5.74) is 0. The van der Waals surface area contributed by atoms with Crippen molar-refractivity contribution in [3.05, 3.63) is 20.8 Å². The quantitative estimate of drug-likeness (QED) is 0.824. The summed E-state index contributed by atoms with van der Waals surface area (Å²) in [6.45, 7) is 2.93. The first-order valence-corrected chi connectivity index (χ1v) is 5.49. The van der Waals surface area contributed by atoms with Gasteiger partial charge in [-0.2, -0.15) is 0 Å². The second-order valence-corrected chi connectivity index (χ2v) is 5.42. The van der Waals surface area contributed by atoms with Crippen LogP contribution in [-0.2, 0) is 4.74 Å². The van der Waals surface area contributed by atoms with E-state index in [4.69, 9.17) is 4.74 Å². The Bertz CT molecular complexity index is 276. The van der Waals surface area contributed by atoms with Crippen LogP contribution in [0.25, 0.3) is 0 Å². The molecule has 0 aliphatic carbocycles. The van der Waals surface area contributed by atoms with Gasteiger partial charge in [-0.15, -0.1) is 11.3 Å². The third-order valence-electron chi connectivity index (χ3n) is 1.80. The molecule has 1 aromatic heterocycles. The number of halogens is 1. The van der Waals surface area contributed by atoms with Gasteiger partial charge in [0.1, 0.15) is 6.23 Å². The summed E-state index contributed by atoms with van der Waals surface area (Å²) >= 11 is 5.15. The average Bonchev–Trinajstić information content (AvgIpc) is 2.58. The van der Waals surface area contributed by atoms with Crippen molar-refractivity contribution in [1.82, 2.24) is 5.32 Å². The van der Waals surface area contributed by atoms with Crippen LogP contribution in [0.5, 0.6) is 0 Å². The van der Waals surface area contributed by atoms with Gasteiger partial charge < -0.3 is 4.74 Å². The second-order valence-electron chi connectivity index (χ2n) is 2.92. The molecule has 2 atom stereocenters. The van der Waals surface area contributed by atoms with Gasteiger partial charge in [0.2, 0.25) is 0 Å². The van der Waals surface area contributed by atoms with E-state index in [0.29, 0.717) is 6.04 Å². The summed E-state index contributed by atoms with van der Waals surface area (Å²) in [6, 6.07) is 4.61. The van der Waals surface area contributed by atoms with Gasteiger partial charge in [0, 0.05) is 10.9 Å². The maximum absolute atomic E-state index is 5.54. The van der Waals surface area contributed by atoms with E-state index in [-0.39, 0.29) is 6.23 Å². The molecule has 0 radical (unpaired) electrons. The van der Waals surface area contributed by atoms with E-state index >= 15 is 0 Å². The lowest BCUT2D eigenvalue weighted by Gasteiger charge is -2.06. The lowest BCUT2D eigenvalue weighted by Crippen LogP contribution is -2.21. The Hall–Kier alpha value is 0.1000. The van der Waals surface area contributed by atoms with Gasteiger partial charge >= 0.3 is 0 Å². The molecule has 66 valence electrons. The SMILES string of the molecule is CC1COC(c2ccc(Br)s2)N1. The van der Waals surface area contributed by atoms with Crippen LogP contribution >= 0.6 is 27.3 Å². The van der Waals surface area contributed by atoms with Gasteiger partial charge in [-0.1, -0.05) is 0 Å². The molecule has 0 aromatic carbocycles. The summed E-state index contributed by atoms with van der Waals surface area (Å²) in [5, 5.41) is 3.35. The highest BCUT2D eigenvalue weighted by Gasteiger charge is 2.23. The Morgan fingerprint density at radius 2 is 2.50 bits per heavy atom. The zero-order chi connectivity index (χ0) is 8.55. The highest BCUT2D eigenvalue weighted by molar-refractivity contribution is 9.11. The van der Waals surface area contributed by atoms with E-state index in [2.05, 4.69) is 34.2 Å². The third-order valence-corrected chi connectivity index (χ3v) is 3.47. The standard InChI is InChI=1S/C8H10BrNOS/c1-5-4-11-8(10-5)6-2-3-7(9)12-6/h2-3,5,8,10H,4H2,1H3. The molecular formula is C8H10BrNOS. The lowest BCUT2D eigenvalue weighted by molar-refractivity contribution is 0.104. The number of hydrogen-bond acceptors (Lipinski definition) is 3. The van der Waals surface area contributed by atoms with Crippen molar-refractivity contribution in [1.29, 1.82) is 0 Å². The van der Waals surface area contributed by atoms with Crippen LogP contribution in [0.2, 0.25) is 0 Å². The summed E-state index contributed by atoms with van der Waals surface area (Å²) < 4.78 is 6.70.